The molecule has 0 aliphatic heterocycles. The molecule has 0 saturated carbocycles. The van der Waals surface area contributed by atoms with Crippen LogP contribution in [0.3, 0.4) is 0 Å². The average Bonchev–Trinajstić information content (AvgIpc) is 1.54. The van der Waals surface area contributed by atoms with Gasteiger partial charge in [-0.25, -0.2) is 24.9 Å². The molecule has 7 nitrogen and oxygen atoms in total. The van der Waals surface area contributed by atoms with Gasteiger partial charge in [-0.15, -0.1) is 22.7 Å². The zero-order valence-electron chi connectivity index (χ0n) is 58.2. The highest BCUT2D eigenvalue weighted by atomic mass is 32.1. The van der Waals surface area contributed by atoms with Crippen molar-refractivity contribution in [3.05, 3.63) is 370 Å². The van der Waals surface area contributed by atoms with Gasteiger partial charge in [-0.2, -0.15) is 0 Å². The zero-order chi connectivity index (χ0) is 71.2. The van der Waals surface area contributed by atoms with E-state index in [2.05, 4.69) is 306 Å². The van der Waals surface area contributed by atoms with Crippen molar-refractivity contribution in [1.82, 2.24) is 34.1 Å². The SMILES string of the molecule is c1ccc(-c2cc(-c3ccccc3)nc(-c3ccc(-c4ccc5c(c4)c4c6ccccc6c6c7ccccc7sc6c4n5-c4ccccc4)cc3)n2)cc1.c1ccc(-c2nc(-c3ccccc3)nc(-c3ccc(-c4ccc5c(c4)c4c6ccccc6c6c7ccccc7sc6c4n5-c4ccccc4)cc3)n2)cc1. The minimum absolute atomic E-state index is 0.648. The molecule has 6 aromatic heterocycles. The van der Waals surface area contributed by atoms with Crippen molar-refractivity contribution in [3.8, 4) is 102 Å². The predicted molar refractivity (Wildman–Crippen MR) is 455 cm³/mol. The number of rotatable bonds is 10. The molecule has 0 radical (unpaired) electrons. The van der Waals surface area contributed by atoms with Crippen LogP contribution in [0.25, 0.3) is 207 Å². The quantitative estimate of drug-likeness (QED) is 0.136. The maximum absolute atomic E-state index is 5.07. The lowest BCUT2D eigenvalue weighted by Crippen LogP contribution is -2.00. The minimum atomic E-state index is 0.648. The Morgan fingerprint density at radius 1 is 0.194 bits per heavy atom. The molecular formula is C99H61N7S2. The van der Waals surface area contributed by atoms with Gasteiger partial charge < -0.3 is 9.13 Å². The standard InChI is InChI=1S/C50H31N3S.C49H30N4S/c1-4-14-33(15-5-1)42-31-43(34-16-6-2-7-17-34)52-50(51-42)35-26-24-32(25-27-35)36-28-29-44-41(30-36)46-38-20-10-11-21-39(38)47-40-22-12-13-23-45(40)54-49(47)48(46)53(44)37-18-8-3-9-19-37;1-4-14-32(15-5-1)47-50-48(33-16-6-2-7-17-33)52-49(51-47)34-26-24-31(25-27-34)35-28-29-41-40(30-35)43-37-20-10-11-21-38(37)44-39-22-12-13-23-42(39)54-46(44)45(43)53(41)36-18-8-3-9-19-36/h1-31H;1-30H. The van der Waals surface area contributed by atoms with E-state index in [4.69, 9.17) is 24.9 Å². The molecule has 0 N–H and O–H groups in total. The number of benzene rings is 16. The van der Waals surface area contributed by atoms with Crippen molar-refractivity contribution in [3.63, 3.8) is 0 Å². The number of nitrogens with zero attached hydrogens (tertiary/aromatic N) is 7. The van der Waals surface area contributed by atoms with Crippen molar-refractivity contribution in [2.45, 2.75) is 0 Å². The first-order chi connectivity index (χ1) is 53.6. The third-order valence-corrected chi connectivity index (χ3v) is 23.4. The summed E-state index contributed by atoms with van der Waals surface area (Å²) in [7, 11) is 0. The largest absolute Gasteiger partial charge is 0.308 e. The van der Waals surface area contributed by atoms with E-state index < -0.39 is 0 Å². The number of fused-ring (bicyclic) bond motifs is 20. The van der Waals surface area contributed by atoms with E-state index in [9.17, 15) is 0 Å². The number of hydrogen-bond acceptors (Lipinski definition) is 7. The summed E-state index contributed by atoms with van der Waals surface area (Å²) in [6, 6.07) is 131. The summed E-state index contributed by atoms with van der Waals surface area (Å²) in [5, 5.41) is 15.5. The lowest BCUT2D eigenvalue weighted by atomic mass is 9.97. The second-order valence-electron chi connectivity index (χ2n) is 27.3. The van der Waals surface area contributed by atoms with Crippen LogP contribution in [0.15, 0.2) is 370 Å². The molecule has 6 heterocycles. The van der Waals surface area contributed by atoms with Crippen LogP contribution in [0.2, 0.25) is 0 Å². The number of hydrogen-bond donors (Lipinski definition) is 0. The Morgan fingerprint density at radius 3 is 0.843 bits per heavy atom. The highest BCUT2D eigenvalue weighted by Crippen LogP contribution is 2.51. The highest BCUT2D eigenvalue weighted by molar-refractivity contribution is 7.27. The maximum Gasteiger partial charge on any atom is 0.164 e. The summed E-state index contributed by atoms with van der Waals surface area (Å²) >= 11 is 3.79. The summed E-state index contributed by atoms with van der Waals surface area (Å²) in [6.07, 6.45) is 0. The summed E-state index contributed by atoms with van der Waals surface area (Å²) in [6.45, 7) is 0. The summed E-state index contributed by atoms with van der Waals surface area (Å²) in [5.74, 6) is 2.67. The molecule has 0 amide bonds. The van der Waals surface area contributed by atoms with Gasteiger partial charge in [0.15, 0.2) is 23.3 Å². The fourth-order valence-electron chi connectivity index (χ4n) is 16.1. The Morgan fingerprint density at radius 2 is 0.472 bits per heavy atom. The Hall–Kier alpha value is -13.8. The molecule has 0 saturated heterocycles. The molecule has 16 aromatic carbocycles. The van der Waals surface area contributed by atoms with Gasteiger partial charge in [-0.1, -0.05) is 303 Å². The van der Waals surface area contributed by atoms with Gasteiger partial charge >= 0.3 is 0 Å². The van der Waals surface area contributed by atoms with Crippen LogP contribution >= 0.6 is 22.7 Å². The molecule has 22 aromatic rings. The Kier molecular flexibility index (Phi) is 15.2. The third-order valence-electron chi connectivity index (χ3n) is 21.0. The van der Waals surface area contributed by atoms with Gasteiger partial charge in [0.1, 0.15) is 0 Å². The topological polar surface area (TPSA) is 74.3 Å². The Labute approximate surface area is 629 Å². The highest BCUT2D eigenvalue weighted by Gasteiger charge is 2.26. The Bertz CT molecular complexity index is 6690. The van der Waals surface area contributed by atoms with Crippen LogP contribution in [-0.4, -0.2) is 34.1 Å². The van der Waals surface area contributed by atoms with Crippen molar-refractivity contribution in [2.24, 2.45) is 0 Å². The molecule has 0 aliphatic rings. The van der Waals surface area contributed by atoms with E-state index in [1.54, 1.807) is 0 Å². The van der Waals surface area contributed by atoms with E-state index in [0.717, 1.165) is 72.8 Å². The molecule has 9 heteroatoms. The summed E-state index contributed by atoms with van der Waals surface area (Å²) < 4.78 is 10.2. The van der Waals surface area contributed by atoms with Gasteiger partial charge in [0, 0.05) is 97.2 Å². The lowest BCUT2D eigenvalue weighted by molar-refractivity contribution is 1.07. The molecule has 0 aliphatic carbocycles. The number of aromatic nitrogens is 7. The molecule has 0 spiro atoms. The monoisotopic (exact) mass is 1410 g/mol. The van der Waals surface area contributed by atoms with Gasteiger partial charge in [0.25, 0.3) is 0 Å². The molecule has 0 fully saturated rings. The van der Waals surface area contributed by atoms with Gasteiger partial charge in [-0.3, -0.25) is 0 Å². The molecular weight excluding hydrogens is 1350 g/mol. The van der Waals surface area contributed by atoms with Crippen molar-refractivity contribution in [2.75, 3.05) is 0 Å². The van der Waals surface area contributed by atoms with E-state index in [0.29, 0.717) is 23.3 Å². The molecule has 0 unspecified atom stereocenters. The van der Waals surface area contributed by atoms with E-state index in [-0.39, 0.29) is 0 Å². The molecule has 0 bridgehead atoms. The molecule has 22 rings (SSSR count). The van der Waals surface area contributed by atoms with Crippen LogP contribution in [0, 0.1) is 0 Å². The fraction of sp³-hybridized carbons (Fsp3) is 0. The van der Waals surface area contributed by atoms with Gasteiger partial charge in [0.05, 0.1) is 42.9 Å². The first-order valence-corrected chi connectivity index (χ1v) is 38.0. The molecule has 108 heavy (non-hydrogen) atoms. The summed E-state index contributed by atoms with van der Waals surface area (Å²) in [4.78, 5) is 24.9. The maximum atomic E-state index is 5.07. The number of para-hydroxylation sites is 2. The smallest absolute Gasteiger partial charge is 0.164 e. The second-order valence-corrected chi connectivity index (χ2v) is 29.4. The van der Waals surface area contributed by atoms with Crippen LogP contribution in [-0.2, 0) is 0 Å². The zero-order valence-corrected chi connectivity index (χ0v) is 59.8. The average molecular weight is 1410 g/mol. The normalized spacial score (nSPS) is 11.7. The van der Waals surface area contributed by atoms with Gasteiger partial charge in [0.2, 0.25) is 0 Å². The minimum Gasteiger partial charge on any atom is -0.308 e. The van der Waals surface area contributed by atoms with E-state index in [1.807, 2.05) is 95.5 Å². The van der Waals surface area contributed by atoms with Crippen LogP contribution in [0.4, 0.5) is 0 Å². The first kappa shape index (κ1) is 62.7. The lowest BCUT2D eigenvalue weighted by Gasteiger charge is -2.10. The predicted octanol–water partition coefficient (Wildman–Crippen LogP) is 26.9. The second kappa shape index (κ2) is 26.1. The van der Waals surface area contributed by atoms with Crippen LogP contribution < -0.4 is 0 Å². The molecule has 504 valence electrons. The van der Waals surface area contributed by atoms with E-state index in [1.165, 1.54) is 111 Å². The van der Waals surface area contributed by atoms with Crippen molar-refractivity contribution in [1.29, 1.82) is 0 Å². The summed E-state index contributed by atoms with van der Waals surface area (Å²) in [5.41, 5.74) is 19.6. The molecule has 0 atom stereocenters. The fourth-order valence-corrected chi connectivity index (χ4v) is 18.6. The van der Waals surface area contributed by atoms with Crippen molar-refractivity contribution >= 4 is 128 Å². The number of thiophene rings is 2. The van der Waals surface area contributed by atoms with Crippen LogP contribution in [0.1, 0.15) is 0 Å². The van der Waals surface area contributed by atoms with E-state index >= 15 is 0 Å². The Balaban J connectivity index is 0.000000138. The van der Waals surface area contributed by atoms with Crippen LogP contribution in [0.5, 0.6) is 0 Å². The van der Waals surface area contributed by atoms with Crippen molar-refractivity contribution < 1.29 is 0 Å². The first-order valence-electron chi connectivity index (χ1n) is 36.4. The van der Waals surface area contributed by atoms with Gasteiger partial charge in [-0.05, 0) is 111 Å². The third kappa shape index (κ3) is 10.7.